The fourth-order valence-electron chi connectivity index (χ4n) is 5.12. The lowest BCUT2D eigenvalue weighted by atomic mass is 9.87. The molecule has 2 aliphatic heterocycles. The fraction of sp³-hybridized carbons (Fsp3) is 0.567. The molecule has 12 heteroatoms. The van der Waals surface area contributed by atoms with E-state index in [1.165, 1.54) is 16.4 Å². The number of alkyl carbamates (subject to hydrolysis) is 1. The maximum Gasteiger partial charge on any atom is 0.407 e. The number of benzene rings is 2. The van der Waals surface area contributed by atoms with Gasteiger partial charge in [0, 0.05) is 31.5 Å². The zero-order chi connectivity index (χ0) is 30.2. The molecule has 3 atom stereocenters. The number of fused-ring (bicyclic) bond motifs is 1. The summed E-state index contributed by atoms with van der Waals surface area (Å²) >= 11 is 5.89. The molecule has 2 aromatic rings. The third kappa shape index (κ3) is 8.97. The first-order chi connectivity index (χ1) is 20.1. The Morgan fingerprint density at radius 2 is 1.93 bits per heavy atom. The van der Waals surface area contributed by atoms with E-state index in [1.807, 2.05) is 44.2 Å². The van der Waals surface area contributed by atoms with Crippen molar-refractivity contribution in [2.24, 2.45) is 5.41 Å². The molecular weight excluding hydrogens is 584 g/mol. The van der Waals surface area contributed by atoms with Gasteiger partial charge in [-0.3, -0.25) is 0 Å². The molecule has 0 saturated carbocycles. The number of ether oxygens (including phenoxy) is 4. The van der Waals surface area contributed by atoms with E-state index >= 15 is 0 Å². The Morgan fingerprint density at radius 1 is 1.17 bits per heavy atom. The summed E-state index contributed by atoms with van der Waals surface area (Å²) in [5.74, 6) is 1.35. The number of carbonyl (C=O) groups excluding carboxylic acids is 1. The van der Waals surface area contributed by atoms with Crippen LogP contribution < -0.4 is 14.8 Å². The Kier molecular flexibility index (Phi) is 11.4. The van der Waals surface area contributed by atoms with E-state index in [1.54, 1.807) is 6.07 Å². The summed E-state index contributed by atoms with van der Waals surface area (Å²) in [4.78, 5) is 12.9. The summed E-state index contributed by atoms with van der Waals surface area (Å²) < 4.78 is 51.0. The SMILES string of the molecule is CC(C)(CCCCCl)CN(CC(O)C(Cc1ccccc1)NC(=O)OC1CCOC1)S(=O)(=O)c1ccc2c(c1)OCO2. The number of sulfonamides is 1. The van der Waals surface area contributed by atoms with Gasteiger partial charge in [0.1, 0.15) is 6.10 Å². The second kappa shape index (κ2) is 14.7. The minimum Gasteiger partial charge on any atom is -0.454 e. The van der Waals surface area contributed by atoms with E-state index in [4.69, 9.17) is 30.5 Å². The van der Waals surface area contributed by atoms with Crippen molar-refractivity contribution in [3.63, 3.8) is 0 Å². The van der Waals surface area contributed by atoms with E-state index in [9.17, 15) is 18.3 Å². The van der Waals surface area contributed by atoms with Crippen molar-refractivity contribution >= 4 is 27.7 Å². The van der Waals surface area contributed by atoms with Gasteiger partial charge in [0.05, 0.1) is 30.3 Å². The number of nitrogens with one attached hydrogen (secondary N) is 1. The molecule has 232 valence electrons. The molecule has 0 aromatic heterocycles. The number of unbranched alkanes of at least 4 members (excludes halogenated alkanes) is 1. The number of nitrogens with zero attached hydrogens (tertiary/aromatic N) is 1. The number of halogens is 1. The minimum absolute atomic E-state index is 0.0186. The van der Waals surface area contributed by atoms with Crippen LogP contribution in [0.1, 0.15) is 45.1 Å². The Balaban J connectivity index is 1.58. The van der Waals surface area contributed by atoms with E-state index in [0.717, 1.165) is 24.8 Å². The average molecular weight is 625 g/mol. The topological polar surface area (TPSA) is 124 Å². The first-order valence-corrected chi connectivity index (χ1v) is 16.3. The molecule has 1 fully saturated rings. The van der Waals surface area contributed by atoms with Gasteiger partial charge in [0.2, 0.25) is 16.8 Å². The minimum atomic E-state index is -4.08. The van der Waals surface area contributed by atoms with Crippen LogP contribution in [0.5, 0.6) is 11.5 Å². The van der Waals surface area contributed by atoms with Crippen LogP contribution >= 0.6 is 11.6 Å². The summed E-state index contributed by atoms with van der Waals surface area (Å²) in [5.41, 5.74) is 0.455. The number of hydrogen-bond donors (Lipinski definition) is 2. The average Bonchev–Trinajstić information content (AvgIpc) is 3.64. The van der Waals surface area contributed by atoms with Gasteiger partial charge in [0.15, 0.2) is 11.5 Å². The van der Waals surface area contributed by atoms with Crippen LogP contribution in [0.2, 0.25) is 0 Å². The molecule has 1 amide bonds. The van der Waals surface area contributed by atoms with E-state index in [-0.39, 0.29) is 37.3 Å². The summed E-state index contributed by atoms with van der Waals surface area (Å²) in [5, 5.41) is 14.4. The molecule has 2 aromatic carbocycles. The van der Waals surface area contributed by atoms with Crippen molar-refractivity contribution < 1.29 is 37.3 Å². The van der Waals surface area contributed by atoms with Gasteiger partial charge in [-0.2, -0.15) is 4.31 Å². The molecular formula is C30H41ClN2O8S. The summed E-state index contributed by atoms with van der Waals surface area (Å²) in [6.45, 7) is 4.74. The van der Waals surface area contributed by atoms with E-state index in [2.05, 4.69) is 5.32 Å². The standard InChI is InChI=1S/C30H41ClN2O8S/c1-30(2,13-6-7-14-31)20-33(42(36,37)24-10-11-27-28(17-24)40-21-39-27)18-26(34)25(16-22-8-4-3-5-9-22)32-29(35)41-23-12-15-38-19-23/h3-5,8-11,17,23,25-26,34H,6-7,12-16,18-21H2,1-2H3,(H,32,35). The molecule has 10 nitrogen and oxygen atoms in total. The van der Waals surface area contributed by atoms with Crippen molar-refractivity contribution in [1.82, 2.24) is 9.62 Å². The molecule has 1 saturated heterocycles. The molecule has 0 bridgehead atoms. The monoisotopic (exact) mass is 624 g/mol. The normalized spacial score (nSPS) is 18.2. The first kappa shape index (κ1) is 32.3. The fourth-order valence-corrected chi connectivity index (χ4v) is 6.97. The lowest BCUT2D eigenvalue weighted by molar-refractivity contribution is 0.0624. The van der Waals surface area contributed by atoms with Gasteiger partial charge in [-0.1, -0.05) is 50.6 Å². The third-order valence-corrected chi connectivity index (χ3v) is 9.52. The summed E-state index contributed by atoms with van der Waals surface area (Å²) in [6, 6.07) is 13.1. The summed E-state index contributed by atoms with van der Waals surface area (Å²) in [6.07, 6.45) is 0.971. The molecule has 0 spiro atoms. The molecule has 3 unspecified atom stereocenters. The molecule has 0 aliphatic carbocycles. The lowest BCUT2D eigenvalue weighted by Crippen LogP contribution is -2.52. The Bertz CT molecular complexity index is 1270. The maximum atomic E-state index is 14.1. The van der Waals surface area contributed by atoms with E-state index < -0.39 is 33.7 Å². The zero-order valence-corrected chi connectivity index (χ0v) is 25.7. The Hall–Kier alpha value is -2.57. The van der Waals surface area contributed by atoms with Crippen LogP contribution in [0.25, 0.3) is 0 Å². The quantitative estimate of drug-likeness (QED) is 0.222. The first-order valence-electron chi connectivity index (χ1n) is 14.3. The van der Waals surface area contributed by atoms with Crippen LogP contribution in [0.15, 0.2) is 53.4 Å². The van der Waals surface area contributed by atoms with Gasteiger partial charge in [-0.15, -0.1) is 11.6 Å². The van der Waals surface area contributed by atoms with Gasteiger partial charge >= 0.3 is 6.09 Å². The van der Waals surface area contributed by atoms with Gasteiger partial charge in [-0.05, 0) is 42.4 Å². The second-order valence-corrected chi connectivity index (χ2v) is 13.8. The number of rotatable bonds is 15. The molecule has 2 N–H and O–H groups in total. The molecule has 2 aliphatic rings. The number of aliphatic hydroxyl groups excluding tert-OH is 1. The highest BCUT2D eigenvalue weighted by atomic mass is 35.5. The number of hydrogen-bond acceptors (Lipinski definition) is 8. The number of carbonyl (C=O) groups is 1. The van der Waals surface area contributed by atoms with Crippen molar-refractivity contribution in [3.8, 4) is 11.5 Å². The zero-order valence-electron chi connectivity index (χ0n) is 24.2. The maximum absolute atomic E-state index is 14.1. The van der Waals surface area contributed by atoms with Gasteiger partial charge in [-0.25, -0.2) is 13.2 Å². The van der Waals surface area contributed by atoms with Crippen molar-refractivity contribution in [1.29, 1.82) is 0 Å². The van der Waals surface area contributed by atoms with Crippen molar-refractivity contribution in [2.45, 2.75) is 69.1 Å². The predicted molar refractivity (Wildman–Crippen MR) is 158 cm³/mol. The molecule has 42 heavy (non-hydrogen) atoms. The smallest absolute Gasteiger partial charge is 0.407 e. The van der Waals surface area contributed by atoms with Gasteiger partial charge < -0.3 is 29.4 Å². The second-order valence-electron chi connectivity index (χ2n) is 11.5. The summed E-state index contributed by atoms with van der Waals surface area (Å²) in [7, 11) is -4.08. The highest BCUT2D eigenvalue weighted by molar-refractivity contribution is 7.89. The van der Waals surface area contributed by atoms with Crippen LogP contribution in [0, 0.1) is 5.41 Å². The predicted octanol–water partition coefficient (Wildman–Crippen LogP) is 4.33. The number of alkyl halides is 1. The molecule has 4 rings (SSSR count). The molecule has 2 heterocycles. The van der Waals surface area contributed by atoms with Crippen molar-refractivity contribution in [3.05, 3.63) is 54.1 Å². The van der Waals surface area contributed by atoms with Crippen LogP contribution in [0.3, 0.4) is 0 Å². The van der Waals surface area contributed by atoms with Crippen LogP contribution in [0.4, 0.5) is 4.79 Å². The third-order valence-electron chi connectivity index (χ3n) is 7.44. The number of aliphatic hydroxyl groups is 1. The highest BCUT2D eigenvalue weighted by Gasteiger charge is 2.36. The van der Waals surface area contributed by atoms with E-state index in [0.29, 0.717) is 37.0 Å². The van der Waals surface area contributed by atoms with Gasteiger partial charge in [0.25, 0.3) is 0 Å². The lowest BCUT2D eigenvalue weighted by Gasteiger charge is -2.35. The Labute approximate surface area is 253 Å². The largest absolute Gasteiger partial charge is 0.454 e. The van der Waals surface area contributed by atoms with Crippen LogP contribution in [-0.2, 0) is 25.9 Å². The highest BCUT2D eigenvalue weighted by Crippen LogP contribution is 2.36. The molecule has 0 radical (unpaired) electrons. The van der Waals surface area contributed by atoms with Crippen molar-refractivity contribution in [2.75, 3.05) is 39.0 Å². The van der Waals surface area contributed by atoms with Crippen LogP contribution in [-0.4, -0.2) is 81.1 Å². The number of amides is 1. The Morgan fingerprint density at radius 3 is 2.64 bits per heavy atom.